The molecular formula is C20H20N2O3. The number of carbonyl (C=O) groups is 1. The summed E-state index contributed by atoms with van der Waals surface area (Å²) in [6.07, 6.45) is 1.87. The van der Waals surface area contributed by atoms with Crippen LogP contribution in [0.4, 0.5) is 4.79 Å². The predicted molar refractivity (Wildman–Crippen MR) is 95.6 cm³/mol. The second-order valence-corrected chi connectivity index (χ2v) is 6.20. The molecule has 128 valence electrons. The molecule has 0 saturated carbocycles. The van der Waals surface area contributed by atoms with E-state index in [1.807, 2.05) is 30.3 Å². The highest BCUT2D eigenvalue weighted by molar-refractivity contribution is 5.91. The molecule has 2 N–H and O–H groups in total. The third kappa shape index (κ3) is 2.61. The highest BCUT2D eigenvalue weighted by Gasteiger charge is 2.32. The highest BCUT2D eigenvalue weighted by Crippen LogP contribution is 2.40. The first kappa shape index (κ1) is 15.6. The lowest BCUT2D eigenvalue weighted by molar-refractivity contribution is 0.240. The maximum atomic E-state index is 12.3. The molecule has 0 fully saturated rings. The molecule has 1 aliphatic carbocycles. The van der Waals surface area contributed by atoms with Gasteiger partial charge in [0, 0.05) is 5.56 Å². The zero-order valence-corrected chi connectivity index (χ0v) is 14.3. The van der Waals surface area contributed by atoms with Gasteiger partial charge in [-0.15, -0.1) is 0 Å². The van der Waals surface area contributed by atoms with Gasteiger partial charge < -0.3 is 20.1 Å². The highest BCUT2D eigenvalue weighted by atomic mass is 16.5. The van der Waals surface area contributed by atoms with E-state index < -0.39 is 0 Å². The number of hydrogen-bond donors (Lipinski definition) is 2. The molecule has 2 amide bonds. The number of hydrogen-bond acceptors (Lipinski definition) is 3. The number of benzene rings is 2. The van der Waals surface area contributed by atoms with E-state index in [4.69, 9.17) is 9.47 Å². The fraction of sp³-hybridized carbons (Fsp3) is 0.250. The number of ether oxygens (including phenoxy) is 2. The average molecular weight is 336 g/mol. The standard InChI is InChI=1S/C20H20N2O3/c1-24-16-10-8-13(11-17(16)25-2)18-15-9-7-12-5-3-4-6-14(12)19(15)22-20(23)21-18/h3-6,8,10-11,18H,7,9H2,1-2H3,(H2,21,22,23)/t18-/m1/s1. The molecule has 0 spiro atoms. The largest absolute Gasteiger partial charge is 0.493 e. The summed E-state index contributed by atoms with van der Waals surface area (Å²) in [4.78, 5) is 12.3. The van der Waals surface area contributed by atoms with Crippen LogP contribution in [-0.2, 0) is 6.42 Å². The second kappa shape index (κ2) is 6.16. The summed E-state index contributed by atoms with van der Waals surface area (Å²) >= 11 is 0. The van der Waals surface area contributed by atoms with Crippen LogP contribution >= 0.6 is 0 Å². The number of rotatable bonds is 3. The molecule has 2 aromatic rings. The predicted octanol–water partition coefficient (Wildman–Crippen LogP) is 3.42. The SMILES string of the molecule is COc1ccc([C@H]2NC(=O)NC3=C2CCc2ccccc23)cc1OC. The van der Waals surface area contributed by atoms with E-state index in [0.717, 1.165) is 29.7 Å². The van der Waals surface area contributed by atoms with Gasteiger partial charge >= 0.3 is 6.03 Å². The first-order valence-electron chi connectivity index (χ1n) is 8.32. The van der Waals surface area contributed by atoms with E-state index in [9.17, 15) is 4.79 Å². The molecule has 0 unspecified atom stereocenters. The van der Waals surface area contributed by atoms with E-state index >= 15 is 0 Å². The minimum Gasteiger partial charge on any atom is -0.493 e. The zero-order chi connectivity index (χ0) is 17.4. The quantitative estimate of drug-likeness (QED) is 0.903. The van der Waals surface area contributed by atoms with Crippen molar-refractivity contribution in [3.05, 3.63) is 64.7 Å². The Labute approximate surface area is 146 Å². The van der Waals surface area contributed by atoms with Gasteiger partial charge in [0.1, 0.15) is 0 Å². The van der Waals surface area contributed by atoms with Crippen molar-refractivity contribution < 1.29 is 14.3 Å². The lowest BCUT2D eigenvalue weighted by atomic mass is 9.83. The summed E-state index contributed by atoms with van der Waals surface area (Å²) in [6, 6.07) is 13.7. The fourth-order valence-electron chi connectivity index (χ4n) is 3.67. The van der Waals surface area contributed by atoms with Crippen LogP contribution in [-0.4, -0.2) is 20.3 Å². The molecule has 0 bridgehead atoms. The van der Waals surface area contributed by atoms with Crippen LogP contribution in [0.25, 0.3) is 5.70 Å². The number of methoxy groups -OCH3 is 2. The van der Waals surface area contributed by atoms with E-state index in [0.29, 0.717) is 11.5 Å². The van der Waals surface area contributed by atoms with Gasteiger partial charge in [-0.3, -0.25) is 0 Å². The van der Waals surface area contributed by atoms with Gasteiger partial charge in [-0.25, -0.2) is 4.79 Å². The smallest absolute Gasteiger partial charge is 0.319 e. The Morgan fingerprint density at radius 3 is 2.60 bits per heavy atom. The van der Waals surface area contributed by atoms with Crippen molar-refractivity contribution in [2.45, 2.75) is 18.9 Å². The number of carbonyl (C=O) groups excluding carboxylic acids is 1. The minimum absolute atomic E-state index is 0.170. The second-order valence-electron chi connectivity index (χ2n) is 6.20. The van der Waals surface area contributed by atoms with Crippen molar-refractivity contribution in [3.63, 3.8) is 0 Å². The van der Waals surface area contributed by atoms with Gasteiger partial charge in [0.15, 0.2) is 11.5 Å². The fourth-order valence-corrected chi connectivity index (χ4v) is 3.67. The third-order valence-electron chi connectivity index (χ3n) is 4.87. The lowest BCUT2D eigenvalue weighted by Crippen LogP contribution is -2.44. The van der Waals surface area contributed by atoms with Crippen LogP contribution in [0.5, 0.6) is 11.5 Å². The number of aryl methyl sites for hydroxylation is 1. The average Bonchev–Trinajstić information content (AvgIpc) is 2.66. The normalized spacial score (nSPS) is 18.6. The van der Waals surface area contributed by atoms with Gasteiger partial charge in [-0.2, -0.15) is 0 Å². The van der Waals surface area contributed by atoms with Crippen molar-refractivity contribution in [2.75, 3.05) is 14.2 Å². The Morgan fingerprint density at radius 1 is 1.00 bits per heavy atom. The number of amides is 2. The van der Waals surface area contributed by atoms with E-state index in [2.05, 4.69) is 22.8 Å². The number of nitrogens with one attached hydrogen (secondary N) is 2. The molecular weight excluding hydrogens is 316 g/mol. The monoisotopic (exact) mass is 336 g/mol. The van der Waals surface area contributed by atoms with Gasteiger partial charge in [0.2, 0.25) is 0 Å². The summed E-state index contributed by atoms with van der Waals surface area (Å²) in [5.41, 5.74) is 5.51. The van der Waals surface area contributed by atoms with Crippen LogP contribution in [0.3, 0.4) is 0 Å². The molecule has 1 aliphatic heterocycles. The zero-order valence-electron chi connectivity index (χ0n) is 14.3. The summed E-state index contributed by atoms with van der Waals surface area (Å²) in [7, 11) is 3.23. The Balaban J connectivity index is 1.82. The molecule has 1 atom stereocenters. The van der Waals surface area contributed by atoms with E-state index in [-0.39, 0.29) is 12.1 Å². The van der Waals surface area contributed by atoms with Crippen LogP contribution < -0.4 is 20.1 Å². The summed E-state index contributed by atoms with van der Waals surface area (Å²) in [6.45, 7) is 0. The van der Waals surface area contributed by atoms with E-state index in [1.54, 1.807) is 14.2 Å². The molecule has 1 heterocycles. The lowest BCUT2D eigenvalue weighted by Gasteiger charge is -2.34. The van der Waals surface area contributed by atoms with E-state index in [1.165, 1.54) is 11.1 Å². The maximum Gasteiger partial charge on any atom is 0.319 e. The Hall–Kier alpha value is -2.95. The molecule has 2 aliphatic rings. The molecule has 5 nitrogen and oxygen atoms in total. The first-order valence-corrected chi connectivity index (χ1v) is 8.32. The summed E-state index contributed by atoms with van der Waals surface area (Å²) < 4.78 is 10.7. The molecule has 4 rings (SSSR count). The Kier molecular flexibility index (Phi) is 3.84. The van der Waals surface area contributed by atoms with Crippen molar-refractivity contribution in [1.29, 1.82) is 0 Å². The molecule has 25 heavy (non-hydrogen) atoms. The molecule has 0 aromatic heterocycles. The van der Waals surface area contributed by atoms with Crippen molar-refractivity contribution in [3.8, 4) is 11.5 Å². The van der Waals surface area contributed by atoms with Crippen molar-refractivity contribution in [1.82, 2.24) is 10.6 Å². The summed E-state index contributed by atoms with van der Waals surface area (Å²) in [5, 5.41) is 6.05. The van der Waals surface area contributed by atoms with Crippen molar-refractivity contribution in [2.24, 2.45) is 0 Å². The first-order chi connectivity index (χ1) is 12.2. The molecule has 2 aromatic carbocycles. The van der Waals surface area contributed by atoms with Gasteiger partial charge in [0.05, 0.1) is 26.0 Å². The van der Waals surface area contributed by atoms with Crippen LogP contribution in [0, 0.1) is 0 Å². The molecule has 5 heteroatoms. The third-order valence-corrected chi connectivity index (χ3v) is 4.87. The van der Waals surface area contributed by atoms with Gasteiger partial charge in [-0.1, -0.05) is 30.3 Å². The topological polar surface area (TPSA) is 59.6 Å². The van der Waals surface area contributed by atoms with Crippen LogP contribution in [0.15, 0.2) is 48.0 Å². The molecule has 0 saturated heterocycles. The van der Waals surface area contributed by atoms with Crippen LogP contribution in [0.2, 0.25) is 0 Å². The van der Waals surface area contributed by atoms with Crippen LogP contribution in [0.1, 0.15) is 29.2 Å². The Bertz CT molecular complexity index is 873. The van der Waals surface area contributed by atoms with Gasteiger partial charge in [0.25, 0.3) is 0 Å². The maximum absolute atomic E-state index is 12.3. The van der Waals surface area contributed by atoms with Gasteiger partial charge in [-0.05, 0) is 41.7 Å². The number of urea groups is 1. The minimum atomic E-state index is -0.185. The summed E-state index contributed by atoms with van der Waals surface area (Å²) in [5.74, 6) is 1.33. The number of fused-ring (bicyclic) bond motifs is 2. The Morgan fingerprint density at radius 2 is 1.80 bits per heavy atom. The van der Waals surface area contributed by atoms with Crippen molar-refractivity contribution >= 4 is 11.7 Å². The molecule has 0 radical (unpaired) electrons.